The summed E-state index contributed by atoms with van der Waals surface area (Å²) in [5.74, 6) is 0.702. The summed E-state index contributed by atoms with van der Waals surface area (Å²) in [4.78, 5) is 13.7. The number of rotatable bonds is 7. The van der Waals surface area contributed by atoms with Crippen LogP contribution in [0, 0.1) is 11.8 Å². The summed E-state index contributed by atoms with van der Waals surface area (Å²) in [6.07, 6.45) is 2.95. The lowest BCUT2D eigenvalue weighted by atomic mass is 9.86. The Morgan fingerprint density at radius 1 is 1.42 bits per heavy atom. The predicted molar refractivity (Wildman–Crippen MR) is 78.3 cm³/mol. The monoisotopic (exact) mass is 270 g/mol. The Kier molecular flexibility index (Phi) is 6.80. The smallest absolute Gasteiger partial charge is 0.320 e. The molecule has 0 amide bonds. The fourth-order valence-electron chi connectivity index (χ4n) is 3.05. The molecule has 4 unspecified atom stereocenters. The van der Waals surface area contributed by atoms with Crippen molar-refractivity contribution in [2.24, 2.45) is 11.8 Å². The van der Waals surface area contributed by atoms with Crippen molar-refractivity contribution in [3.63, 3.8) is 0 Å². The van der Waals surface area contributed by atoms with Crippen LogP contribution in [0.15, 0.2) is 0 Å². The first-order valence-corrected chi connectivity index (χ1v) is 7.65. The summed E-state index contributed by atoms with van der Waals surface area (Å²) in [5, 5.41) is 12.3. The molecule has 4 nitrogen and oxygen atoms in total. The van der Waals surface area contributed by atoms with Crippen molar-refractivity contribution < 1.29 is 9.90 Å². The van der Waals surface area contributed by atoms with Crippen molar-refractivity contribution in [1.82, 2.24) is 10.2 Å². The number of likely N-dealkylation sites (tertiary alicyclic amines) is 1. The Bertz CT molecular complexity index is 283. The minimum Gasteiger partial charge on any atom is -0.480 e. The maximum atomic E-state index is 11.2. The molecule has 0 aromatic heterocycles. The molecule has 1 aliphatic rings. The summed E-state index contributed by atoms with van der Waals surface area (Å²) >= 11 is 0. The third kappa shape index (κ3) is 5.11. The van der Waals surface area contributed by atoms with Crippen molar-refractivity contribution in [2.75, 3.05) is 19.6 Å². The van der Waals surface area contributed by atoms with Gasteiger partial charge in [-0.1, -0.05) is 20.8 Å². The summed E-state index contributed by atoms with van der Waals surface area (Å²) in [6.45, 7) is 11.7. The zero-order chi connectivity index (χ0) is 14.4. The minimum atomic E-state index is -0.723. The fraction of sp³-hybridized carbons (Fsp3) is 0.933. The van der Waals surface area contributed by atoms with E-state index < -0.39 is 12.0 Å². The van der Waals surface area contributed by atoms with Crippen molar-refractivity contribution in [3.8, 4) is 0 Å². The zero-order valence-corrected chi connectivity index (χ0v) is 12.9. The van der Waals surface area contributed by atoms with E-state index >= 15 is 0 Å². The van der Waals surface area contributed by atoms with Gasteiger partial charge in [0.2, 0.25) is 0 Å². The summed E-state index contributed by atoms with van der Waals surface area (Å²) < 4.78 is 0. The first-order valence-electron chi connectivity index (χ1n) is 7.65. The third-order valence-corrected chi connectivity index (χ3v) is 4.36. The highest BCUT2D eigenvalue weighted by atomic mass is 16.4. The maximum Gasteiger partial charge on any atom is 0.320 e. The van der Waals surface area contributed by atoms with Gasteiger partial charge in [-0.3, -0.25) is 4.79 Å². The molecule has 0 aromatic rings. The van der Waals surface area contributed by atoms with Gasteiger partial charge in [-0.25, -0.2) is 0 Å². The van der Waals surface area contributed by atoms with E-state index in [2.05, 4.69) is 37.9 Å². The van der Waals surface area contributed by atoms with Gasteiger partial charge >= 0.3 is 5.97 Å². The molecule has 112 valence electrons. The van der Waals surface area contributed by atoms with Crippen LogP contribution in [0.1, 0.15) is 47.0 Å². The van der Waals surface area contributed by atoms with E-state index in [4.69, 9.17) is 0 Å². The average molecular weight is 270 g/mol. The number of carbonyl (C=O) groups is 1. The molecular weight excluding hydrogens is 240 g/mol. The van der Waals surface area contributed by atoms with Gasteiger partial charge in [0.1, 0.15) is 6.04 Å². The quantitative estimate of drug-likeness (QED) is 0.744. The number of hydrogen-bond donors (Lipinski definition) is 2. The number of piperidine rings is 1. The molecule has 0 saturated carbocycles. The normalized spacial score (nSPS) is 30.2. The summed E-state index contributed by atoms with van der Waals surface area (Å²) in [7, 11) is 0. The van der Waals surface area contributed by atoms with Crippen LogP contribution in [0.5, 0.6) is 0 Å². The van der Waals surface area contributed by atoms with E-state index in [1.807, 2.05) is 0 Å². The number of nitrogens with one attached hydrogen (secondary N) is 1. The molecule has 0 radical (unpaired) electrons. The van der Waals surface area contributed by atoms with Crippen LogP contribution in [-0.2, 0) is 4.79 Å². The molecule has 1 heterocycles. The number of carboxylic acid groups (broad SMARTS) is 1. The van der Waals surface area contributed by atoms with Crippen molar-refractivity contribution in [2.45, 2.75) is 59.0 Å². The van der Waals surface area contributed by atoms with Crippen molar-refractivity contribution >= 4 is 5.97 Å². The second-order valence-corrected chi connectivity index (χ2v) is 6.19. The van der Waals surface area contributed by atoms with Crippen LogP contribution < -0.4 is 5.32 Å². The maximum absolute atomic E-state index is 11.2. The zero-order valence-electron chi connectivity index (χ0n) is 12.9. The predicted octanol–water partition coefficient (Wildman–Crippen LogP) is 2.20. The van der Waals surface area contributed by atoms with E-state index in [1.165, 1.54) is 6.42 Å². The molecule has 4 heteroatoms. The highest BCUT2D eigenvalue weighted by molar-refractivity contribution is 5.73. The molecule has 2 N–H and O–H groups in total. The van der Waals surface area contributed by atoms with Gasteiger partial charge < -0.3 is 15.3 Å². The average Bonchev–Trinajstić information content (AvgIpc) is 2.34. The number of hydrogen-bond acceptors (Lipinski definition) is 3. The molecule has 1 aliphatic heterocycles. The third-order valence-electron chi connectivity index (χ3n) is 4.36. The SMILES string of the molecule is CCCNC(CCN1CC(C)CC(C)C1C)C(=O)O. The van der Waals surface area contributed by atoms with Gasteiger partial charge in [0.05, 0.1) is 0 Å². The molecule has 0 aliphatic carbocycles. The highest BCUT2D eigenvalue weighted by Gasteiger charge is 2.29. The van der Waals surface area contributed by atoms with E-state index in [0.29, 0.717) is 18.4 Å². The van der Waals surface area contributed by atoms with E-state index in [0.717, 1.165) is 32.0 Å². The van der Waals surface area contributed by atoms with Crippen LogP contribution >= 0.6 is 0 Å². The van der Waals surface area contributed by atoms with Gasteiger partial charge in [-0.15, -0.1) is 0 Å². The second kappa shape index (κ2) is 7.85. The Morgan fingerprint density at radius 3 is 2.68 bits per heavy atom. The lowest BCUT2D eigenvalue weighted by Gasteiger charge is -2.41. The van der Waals surface area contributed by atoms with Crippen LogP contribution in [-0.4, -0.2) is 47.7 Å². The van der Waals surface area contributed by atoms with Gasteiger partial charge in [0.25, 0.3) is 0 Å². The number of aliphatic carboxylic acids is 1. The van der Waals surface area contributed by atoms with Crippen molar-refractivity contribution in [1.29, 1.82) is 0 Å². The Balaban J connectivity index is 2.45. The Labute approximate surface area is 117 Å². The lowest BCUT2D eigenvalue weighted by molar-refractivity contribution is -0.139. The number of carboxylic acids is 1. The largest absolute Gasteiger partial charge is 0.480 e. The van der Waals surface area contributed by atoms with Gasteiger partial charge in [0, 0.05) is 19.1 Å². The molecule has 0 aromatic carbocycles. The molecule has 4 atom stereocenters. The Hall–Kier alpha value is -0.610. The molecule has 1 saturated heterocycles. The minimum absolute atomic E-state index is 0.403. The van der Waals surface area contributed by atoms with Gasteiger partial charge in [0.15, 0.2) is 0 Å². The van der Waals surface area contributed by atoms with Gasteiger partial charge in [-0.2, -0.15) is 0 Å². The Morgan fingerprint density at radius 2 is 2.11 bits per heavy atom. The van der Waals surface area contributed by atoms with Gasteiger partial charge in [-0.05, 0) is 44.6 Å². The van der Waals surface area contributed by atoms with E-state index in [-0.39, 0.29) is 0 Å². The highest BCUT2D eigenvalue weighted by Crippen LogP contribution is 2.26. The molecular formula is C15H30N2O2. The van der Waals surface area contributed by atoms with Crippen LogP contribution in [0.25, 0.3) is 0 Å². The summed E-state index contributed by atoms with van der Waals surface area (Å²) in [6, 6.07) is 0.163. The molecule has 0 bridgehead atoms. The molecule has 1 fully saturated rings. The van der Waals surface area contributed by atoms with E-state index in [9.17, 15) is 9.90 Å². The summed E-state index contributed by atoms with van der Waals surface area (Å²) in [5.41, 5.74) is 0. The topological polar surface area (TPSA) is 52.6 Å². The lowest BCUT2D eigenvalue weighted by Crippen LogP contribution is -2.48. The van der Waals surface area contributed by atoms with Crippen LogP contribution in [0.2, 0.25) is 0 Å². The first-order chi connectivity index (χ1) is 8.95. The van der Waals surface area contributed by atoms with Crippen LogP contribution in [0.3, 0.4) is 0 Å². The first kappa shape index (κ1) is 16.4. The molecule has 19 heavy (non-hydrogen) atoms. The standard InChI is InChI=1S/C15H30N2O2/c1-5-7-16-14(15(18)19)6-8-17-10-11(2)9-12(3)13(17)4/h11-14,16H,5-10H2,1-4H3,(H,18,19). The fourth-order valence-corrected chi connectivity index (χ4v) is 3.05. The van der Waals surface area contributed by atoms with Crippen molar-refractivity contribution in [3.05, 3.63) is 0 Å². The number of nitrogens with zero attached hydrogens (tertiary/aromatic N) is 1. The second-order valence-electron chi connectivity index (χ2n) is 6.19. The van der Waals surface area contributed by atoms with Crippen LogP contribution in [0.4, 0.5) is 0 Å². The van der Waals surface area contributed by atoms with E-state index in [1.54, 1.807) is 0 Å². The molecule has 1 rings (SSSR count). The molecule has 0 spiro atoms.